The van der Waals surface area contributed by atoms with Gasteiger partial charge in [-0.05, 0) is 36.2 Å². The molecule has 1 aliphatic heterocycles. The molecule has 0 bridgehead atoms. The van der Waals surface area contributed by atoms with E-state index in [-0.39, 0.29) is 12.6 Å². The van der Waals surface area contributed by atoms with Gasteiger partial charge in [-0.2, -0.15) is 13.2 Å². The van der Waals surface area contributed by atoms with E-state index in [9.17, 15) is 13.2 Å². The van der Waals surface area contributed by atoms with Gasteiger partial charge in [-0.1, -0.05) is 48.0 Å². The van der Waals surface area contributed by atoms with E-state index < -0.39 is 11.7 Å². The first kappa shape index (κ1) is 18.2. The zero-order valence-corrected chi connectivity index (χ0v) is 14.4. The number of nitrogens with one attached hydrogen (secondary N) is 1. The van der Waals surface area contributed by atoms with Crippen LogP contribution in [0.1, 0.15) is 23.1 Å². The fourth-order valence-electron chi connectivity index (χ4n) is 3.26. The lowest BCUT2D eigenvalue weighted by Crippen LogP contribution is -2.36. The van der Waals surface area contributed by atoms with Gasteiger partial charge in [-0.3, -0.25) is 4.90 Å². The number of hydrogen-bond donors (Lipinski definition) is 1. The van der Waals surface area contributed by atoms with Crippen molar-refractivity contribution in [2.24, 2.45) is 0 Å². The topological polar surface area (TPSA) is 15.3 Å². The Morgan fingerprint density at radius 2 is 1.64 bits per heavy atom. The third kappa shape index (κ3) is 4.54. The van der Waals surface area contributed by atoms with Gasteiger partial charge in [0.05, 0.1) is 5.56 Å². The lowest BCUT2D eigenvalue weighted by atomic mass is 10.0. The average Bonchev–Trinajstić information content (AvgIpc) is 3.10. The molecule has 0 spiro atoms. The van der Waals surface area contributed by atoms with Crippen molar-refractivity contribution in [2.75, 3.05) is 13.1 Å². The fraction of sp³-hybridized carbons (Fsp3) is 0.368. The Kier molecular flexibility index (Phi) is 5.67. The number of alkyl halides is 3. The van der Waals surface area contributed by atoms with Crippen LogP contribution in [-0.2, 0) is 19.3 Å². The van der Waals surface area contributed by atoms with E-state index in [0.717, 1.165) is 31.1 Å². The van der Waals surface area contributed by atoms with Crippen molar-refractivity contribution in [3.8, 4) is 0 Å². The molecule has 0 saturated carbocycles. The van der Waals surface area contributed by atoms with E-state index >= 15 is 0 Å². The second-order valence-corrected chi connectivity index (χ2v) is 6.71. The molecule has 1 saturated heterocycles. The van der Waals surface area contributed by atoms with Crippen molar-refractivity contribution in [1.82, 2.24) is 10.2 Å². The van der Waals surface area contributed by atoms with Crippen LogP contribution in [-0.4, -0.2) is 24.0 Å². The maximum atomic E-state index is 13.3. The van der Waals surface area contributed by atoms with Crippen molar-refractivity contribution in [1.29, 1.82) is 0 Å². The molecule has 134 valence electrons. The van der Waals surface area contributed by atoms with Gasteiger partial charge in [0.1, 0.15) is 0 Å². The molecule has 0 unspecified atom stereocenters. The molecule has 2 aromatic carbocycles. The smallest absolute Gasteiger partial charge is 0.315 e. The highest BCUT2D eigenvalue weighted by atomic mass is 35.5. The van der Waals surface area contributed by atoms with Crippen molar-refractivity contribution in [2.45, 2.75) is 31.7 Å². The monoisotopic (exact) mass is 368 g/mol. The van der Waals surface area contributed by atoms with Crippen LogP contribution in [0.5, 0.6) is 0 Å². The maximum absolute atomic E-state index is 13.3. The second kappa shape index (κ2) is 7.77. The molecule has 0 radical (unpaired) electrons. The summed E-state index contributed by atoms with van der Waals surface area (Å²) < 4.78 is 39.9. The van der Waals surface area contributed by atoms with Crippen LogP contribution in [0.2, 0.25) is 5.02 Å². The first-order valence-corrected chi connectivity index (χ1v) is 8.66. The summed E-state index contributed by atoms with van der Waals surface area (Å²) in [6.07, 6.45) is -3.43. The van der Waals surface area contributed by atoms with Gasteiger partial charge in [0.15, 0.2) is 0 Å². The Bertz CT molecular complexity index is 712. The van der Waals surface area contributed by atoms with E-state index in [1.807, 2.05) is 24.3 Å². The lowest BCUT2D eigenvalue weighted by Gasteiger charge is -2.30. The van der Waals surface area contributed by atoms with Gasteiger partial charge in [0.2, 0.25) is 0 Å². The molecule has 1 fully saturated rings. The number of rotatable bonds is 5. The third-order valence-corrected chi connectivity index (χ3v) is 4.95. The number of nitrogens with zero attached hydrogens (tertiary/aromatic N) is 1. The van der Waals surface area contributed by atoms with Crippen molar-refractivity contribution < 1.29 is 13.2 Å². The van der Waals surface area contributed by atoms with Crippen LogP contribution in [0.15, 0.2) is 48.5 Å². The predicted octanol–water partition coefficient (Wildman–Crippen LogP) is 4.72. The molecule has 1 aliphatic rings. The first-order chi connectivity index (χ1) is 11.9. The van der Waals surface area contributed by atoms with E-state index in [1.165, 1.54) is 6.07 Å². The second-order valence-electron chi connectivity index (χ2n) is 6.30. The summed E-state index contributed by atoms with van der Waals surface area (Å²) in [7, 11) is 0. The third-order valence-electron chi connectivity index (χ3n) is 4.58. The number of hydrogen-bond acceptors (Lipinski definition) is 2. The van der Waals surface area contributed by atoms with E-state index in [4.69, 9.17) is 11.6 Å². The highest BCUT2D eigenvalue weighted by Gasteiger charge is 2.34. The quantitative estimate of drug-likeness (QED) is 0.821. The largest absolute Gasteiger partial charge is 0.416 e. The molecule has 1 N–H and O–H groups in total. The zero-order valence-electron chi connectivity index (χ0n) is 13.7. The van der Waals surface area contributed by atoms with Crippen molar-refractivity contribution in [3.63, 3.8) is 0 Å². The predicted molar refractivity (Wildman–Crippen MR) is 93.4 cm³/mol. The van der Waals surface area contributed by atoms with Gasteiger partial charge >= 0.3 is 6.18 Å². The Hall–Kier alpha value is -1.56. The molecule has 1 atom stereocenters. The van der Waals surface area contributed by atoms with E-state index in [1.54, 1.807) is 12.1 Å². The van der Waals surface area contributed by atoms with Gasteiger partial charge < -0.3 is 5.32 Å². The molecule has 3 rings (SSSR count). The summed E-state index contributed by atoms with van der Waals surface area (Å²) in [6, 6.07) is 13.5. The summed E-state index contributed by atoms with van der Waals surface area (Å²) in [5.74, 6) is 0. The summed E-state index contributed by atoms with van der Waals surface area (Å²) in [5, 5.41) is 3.93. The van der Waals surface area contributed by atoms with Crippen LogP contribution in [0.25, 0.3) is 0 Å². The molecule has 0 aliphatic carbocycles. The minimum absolute atomic E-state index is 0.192. The SMILES string of the molecule is FC(F)(F)c1ccccc1CN(Cc1ccccc1Cl)[C@H]1CCNC1. The molecule has 2 nitrogen and oxygen atoms in total. The zero-order chi connectivity index (χ0) is 17.9. The molecule has 6 heteroatoms. The normalized spacial score (nSPS) is 18.0. The van der Waals surface area contributed by atoms with Crippen LogP contribution in [0.3, 0.4) is 0 Å². The first-order valence-electron chi connectivity index (χ1n) is 8.28. The standard InChI is InChI=1S/C19H20ClF3N2/c20-18-8-4-2-6-15(18)13-25(16-9-10-24-11-16)12-14-5-1-3-7-17(14)19(21,22)23/h1-8,16,24H,9-13H2/t16-/m0/s1. The molecule has 0 aromatic heterocycles. The molecule has 0 amide bonds. The molecule has 25 heavy (non-hydrogen) atoms. The number of benzene rings is 2. The van der Waals surface area contributed by atoms with E-state index in [2.05, 4.69) is 10.2 Å². The molecule has 1 heterocycles. The van der Waals surface area contributed by atoms with Crippen molar-refractivity contribution in [3.05, 3.63) is 70.2 Å². The summed E-state index contributed by atoms with van der Waals surface area (Å²) in [5.41, 5.74) is 0.666. The van der Waals surface area contributed by atoms with Gasteiger partial charge in [-0.25, -0.2) is 0 Å². The van der Waals surface area contributed by atoms with Gasteiger partial charge in [0, 0.05) is 30.7 Å². The highest BCUT2D eigenvalue weighted by molar-refractivity contribution is 6.31. The van der Waals surface area contributed by atoms with Crippen LogP contribution in [0, 0.1) is 0 Å². The van der Waals surface area contributed by atoms with Gasteiger partial charge in [-0.15, -0.1) is 0 Å². The molecular weight excluding hydrogens is 349 g/mol. The Labute approximate surface area is 150 Å². The van der Waals surface area contributed by atoms with Crippen LogP contribution >= 0.6 is 11.6 Å². The lowest BCUT2D eigenvalue weighted by molar-refractivity contribution is -0.138. The van der Waals surface area contributed by atoms with Gasteiger partial charge in [0.25, 0.3) is 0 Å². The Morgan fingerprint density at radius 3 is 2.28 bits per heavy atom. The minimum Gasteiger partial charge on any atom is -0.315 e. The Balaban J connectivity index is 1.87. The maximum Gasteiger partial charge on any atom is 0.416 e. The Morgan fingerprint density at radius 1 is 1.00 bits per heavy atom. The van der Waals surface area contributed by atoms with E-state index in [0.29, 0.717) is 17.1 Å². The average molecular weight is 369 g/mol. The van der Waals surface area contributed by atoms with Crippen LogP contribution in [0.4, 0.5) is 13.2 Å². The van der Waals surface area contributed by atoms with Crippen LogP contribution < -0.4 is 5.32 Å². The summed E-state index contributed by atoms with van der Waals surface area (Å²) in [6.45, 7) is 2.43. The summed E-state index contributed by atoms with van der Waals surface area (Å²) in [4.78, 5) is 2.09. The summed E-state index contributed by atoms with van der Waals surface area (Å²) >= 11 is 6.26. The fourth-order valence-corrected chi connectivity index (χ4v) is 3.46. The number of halogens is 4. The minimum atomic E-state index is -4.35. The molecule has 2 aromatic rings. The highest BCUT2D eigenvalue weighted by Crippen LogP contribution is 2.33. The molecular formula is C19H20ClF3N2. The van der Waals surface area contributed by atoms with Crippen molar-refractivity contribution >= 4 is 11.6 Å².